The van der Waals surface area contributed by atoms with Crippen molar-refractivity contribution in [2.75, 3.05) is 11.1 Å². The molecular weight excluding hydrogens is 492 g/mol. The minimum Gasteiger partial charge on any atom is -0.456 e. The van der Waals surface area contributed by atoms with E-state index < -0.39 is 0 Å². The number of hydrogen-bond acceptors (Lipinski definition) is 4. The third-order valence-electron chi connectivity index (χ3n) is 6.33. The fourth-order valence-electron chi connectivity index (χ4n) is 4.49. The fourth-order valence-corrected chi connectivity index (χ4v) is 5.81. The molecule has 0 saturated carbocycles. The SMILES string of the molecule is O=C(Nc1ccc2c(c1)oc1ccccc12)c1ccc([C@@H]2SCC(=O)N2Cc2ccc(Cl)cc2)cc1. The van der Waals surface area contributed by atoms with E-state index in [9.17, 15) is 9.59 Å². The van der Waals surface area contributed by atoms with Crippen LogP contribution < -0.4 is 5.32 Å². The van der Waals surface area contributed by atoms with Crippen molar-refractivity contribution in [3.05, 3.63) is 113 Å². The molecule has 1 atom stereocenters. The molecule has 0 bridgehead atoms. The Morgan fingerprint density at radius 1 is 0.944 bits per heavy atom. The predicted molar refractivity (Wildman–Crippen MR) is 145 cm³/mol. The number of amides is 2. The van der Waals surface area contributed by atoms with Crippen LogP contribution in [0.5, 0.6) is 0 Å². The number of fused-ring (bicyclic) bond motifs is 3. The predicted octanol–water partition coefficient (Wildman–Crippen LogP) is 7.27. The number of anilines is 1. The Labute approximate surface area is 217 Å². The summed E-state index contributed by atoms with van der Waals surface area (Å²) < 4.78 is 5.93. The van der Waals surface area contributed by atoms with Gasteiger partial charge in [0.15, 0.2) is 0 Å². The molecule has 5 nitrogen and oxygen atoms in total. The van der Waals surface area contributed by atoms with Crippen molar-refractivity contribution in [3.8, 4) is 0 Å². The van der Waals surface area contributed by atoms with E-state index in [1.807, 2.05) is 83.8 Å². The summed E-state index contributed by atoms with van der Waals surface area (Å²) in [6.07, 6.45) is 0. The Kier molecular flexibility index (Phi) is 5.91. The van der Waals surface area contributed by atoms with Crippen molar-refractivity contribution in [2.45, 2.75) is 11.9 Å². The molecule has 1 aliphatic rings. The van der Waals surface area contributed by atoms with E-state index in [1.54, 1.807) is 23.9 Å². The maximum Gasteiger partial charge on any atom is 0.255 e. The van der Waals surface area contributed by atoms with E-state index in [-0.39, 0.29) is 17.2 Å². The Morgan fingerprint density at radius 3 is 2.50 bits per heavy atom. The maximum absolute atomic E-state index is 12.9. The van der Waals surface area contributed by atoms with Crippen LogP contribution in [0.1, 0.15) is 26.9 Å². The number of para-hydroxylation sites is 1. The van der Waals surface area contributed by atoms with Crippen LogP contribution in [0.15, 0.2) is 95.4 Å². The largest absolute Gasteiger partial charge is 0.456 e. The van der Waals surface area contributed by atoms with Crippen LogP contribution in [-0.2, 0) is 11.3 Å². The maximum atomic E-state index is 12.9. The molecule has 6 rings (SSSR count). The molecule has 1 N–H and O–H groups in total. The molecule has 5 aromatic rings. The van der Waals surface area contributed by atoms with Gasteiger partial charge in [-0.2, -0.15) is 0 Å². The lowest BCUT2D eigenvalue weighted by Gasteiger charge is -2.24. The van der Waals surface area contributed by atoms with Crippen molar-refractivity contribution in [3.63, 3.8) is 0 Å². The van der Waals surface area contributed by atoms with Crippen LogP contribution in [0.3, 0.4) is 0 Å². The Balaban J connectivity index is 1.17. The summed E-state index contributed by atoms with van der Waals surface area (Å²) >= 11 is 7.59. The summed E-state index contributed by atoms with van der Waals surface area (Å²) in [5.74, 6) is 0.332. The van der Waals surface area contributed by atoms with Crippen molar-refractivity contribution < 1.29 is 14.0 Å². The molecule has 0 radical (unpaired) electrons. The third kappa shape index (κ3) is 4.34. The molecule has 1 fully saturated rings. The normalized spacial score (nSPS) is 15.6. The molecule has 2 heterocycles. The van der Waals surface area contributed by atoms with Crippen molar-refractivity contribution >= 4 is 62.8 Å². The highest BCUT2D eigenvalue weighted by Gasteiger charge is 2.32. The van der Waals surface area contributed by atoms with Gasteiger partial charge in [-0.05, 0) is 53.6 Å². The van der Waals surface area contributed by atoms with Crippen molar-refractivity contribution in [2.24, 2.45) is 0 Å². The van der Waals surface area contributed by atoms with Crippen LogP contribution in [0.2, 0.25) is 5.02 Å². The number of hydrogen-bond donors (Lipinski definition) is 1. The first kappa shape index (κ1) is 22.7. The van der Waals surface area contributed by atoms with Gasteiger partial charge in [0.05, 0.1) is 5.75 Å². The quantitative estimate of drug-likeness (QED) is 0.269. The second-order valence-electron chi connectivity index (χ2n) is 8.70. The Morgan fingerprint density at radius 2 is 1.69 bits per heavy atom. The van der Waals surface area contributed by atoms with E-state index >= 15 is 0 Å². The number of nitrogens with zero attached hydrogens (tertiary/aromatic N) is 1. The van der Waals surface area contributed by atoms with Gasteiger partial charge in [-0.25, -0.2) is 0 Å². The zero-order chi connectivity index (χ0) is 24.6. The van der Waals surface area contributed by atoms with Gasteiger partial charge >= 0.3 is 0 Å². The molecule has 0 aliphatic carbocycles. The topological polar surface area (TPSA) is 62.6 Å². The average Bonchev–Trinajstić information content (AvgIpc) is 3.45. The summed E-state index contributed by atoms with van der Waals surface area (Å²) in [5, 5.41) is 5.59. The van der Waals surface area contributed by atoms with Crippen molar-refractivity contribution in [1.82, 2.24) is 4.90 Å². The molecule has 1 aromatic heterocycles. The van der Waals surface area contributed by atoms with Gasteiger partial charge < -0.3 is 14.6 Å². The average molecular weight is 513 g/mol. The van der Waals surface area contributed by atoms with Gasteiger partial charge in [0, 0.05) is 39.7 Å². The molecule has 2 amide bonds. The molecular formula is C29H21ClN2O3S. The number of thioether (sulfide) groups is 1. The number of benzene rings is 4. The summed E-state index contributed by atoms with van der Waals surface area (Å²) in [4.78, 5) is 27.3. The first-order valence-electron chi connectivity index (χ1n) is 11.5. The van der Waals surface area contributed by atoms with E-state index in [2.05, 4.69) is 5.32 Å². The van der Waals surface area contributed by atoms with E-state index in [0.29, 0.717) is 28.6 Å². The van der Waals surface area contributed by atoms with Gasteiger partial charge in [-0.3, -0.25) is 9.59 Å². The number of nitrogens with one attached hydrogen (secondary N) is 1. The second kappa shape index (κ2) is 9.37. The molecule has 1 saturated heterocycles. The molecule has 0 unspecified atom stereocenters. The molecule has 1 aliphatic heterocycles. The van der Waals surface area contributed by atoms with Crippen LogP contribution in [0, 0.1) is 0 Å². The number of halogens is 1. The van der Waals surface area contributed by atoms with E-state index in [1.165, 1.54) is 0 Å². The molecule has 36 heavy (non-hydrogen) atoms. The second-order valence-corrected chi connectivity index (χ2v) is 10.2. The highest BCUT2D eigenvalue weighted by Crippen LogP contribution is 2.39. The molecule has 0 spiro atoms. The Bertz CT molecular complexity index is 1600. The zero-order valence-electron chi connectivity index (χ0n) is 19.1. The molecule has 178 valence electrons. The van der Waals surface area contributed by atoms with Gasteiger partial charge in [-0.15, -0.1) is 11.8 Å². The van der Waals surface area contributed by atoms with Crippen LogP contribution in [0.4, 0.5) is 5.69 Å². The highest BCUT2D eigenvalue weighted by molar-refractivity contribution is 8.00. The number of carbonyl (C=O) groups excluding carboxylic acids is 2. The summed E-state index contributed by atoms with van der Waals surface area (Å²) in [6.45, 7) is 0.514. The minimum absolute atomic E-state index is 0.0965. The smallest absolute Gasteiger partial charge is 0.255 e. The molecule has 4 aromatic carbocycles. The minimum atomic E-state index is -0.204. The Hall–Kier alpha value is -3.74. The fraction of sp³-hybridized carbons (Fsp3) is 0.103. The monoisotopic (exact) mass is 512 g/mol. The number of furan rings is 1. The standard InChI is InChI=1S/C29H21ClN2O3S/c30-21-11-5-18(6-12-21)16-32-27(33)17-36-29(32)20-9-7-19(8-10-20)28(34)31-22-13-14-24-23-3-1-2-4-25(23)35-26(24)15-22/h1-15,29H,16-17H2,(H,31,34)/t29-/m0/s1. The lowest BCUT2D eigenvalue weighted by atomic mass is 10.1. The summed E-state index contributed by atoms with van der Waals surface area (Å²) in [7, 11) is 0. The van der Waals surface area contributed by atoms with Crippen LogP contribution in [0.25, 0.3) is 21.9 Å². The number of rotatable bonds is 5. The van der Waals surface area contributed by atoms with Gasteiger partial charge in [-0.1, -0.05) is 54.1 Å². The first-order valence-corrected chi connectivity index (χ1v) is 13.0. The van der Waals surface area contributed by atoms with Gasteiger partial charge in [0.1, 0.15) is 16.5 Å². The van der Waals surface area contributed by atoms with Crippen molar-refractivity contribution in [1.29, 1.82) is 0 Å². The zero-order valence-corrected chi connectivity index (χ0v) is 20.7. The van der Waals surface area contributed by atoms with Gasteiger partial charge in [0.25, 0.3) is 5.91 Å². The van der Waals surface area contributed by atoms with E-state index in [4.69, 9.17) is 16.0 Å². The van der Waals surface area contributed by atoms with Crippen LogP contribution in [-0.4, -0.2) is 22.5 Å². The first-order chi connectivity index (χ1) is 17.5. The lowest BCUT2D eigenvalue weighted by Crippen LogP contribution is -2.27. The third-order valence-corrected chi connectivity index (χ3v) is 7.84. The van der Waals surface area contributed by atoms with E-state index in [0.717, 1.165) is 33.1 Å². The molecule has 7 heteroatoms. The highest BCUT2D eigenvalue weighted by atomic mass is 35.5. The summed E-state index contributed by atoms with van der Waals surface area (Å²) in [6, 6.07) is 28.5. The number of carbonyl (C=O) groups is 2. The van der Waals surface area contributed by atoms with Gasteiger partial charge in [0.2, 0.25) is 5.91 Å². The lowest BCUT2D eigenvalue weighted by molar-refractivity contribution is -0.128. The van der Waals surface area contributed by atoms with Crippen LogP contribution >= 0.6 is 23.4 Å². The summed E-state index contributed by atoms with van der Waals surface area (Å²) in [5.41, 5.74) is 4.77.